The monoisotopic (exact) mass is 356 g/mol. The number of hydrogen-bond acceptors (Lipinski definition) is 3. The molecular weight excluding hydrogens is 344 g/mol. The first kappa shape index (κ1) is 13.6. The molecule has 2 aromatic rings. The third kappa shape index (κ3) is 2.72. The molecule has 0 fully saturated rings. The number of nitrogens with zero attached hydrogens (tertiary/aromatic N) is 1. The lowest BCUT2D eigenvalue weighted by atomic mass is 10.0. The summed E-state index contributed by atoms with van der Waals surface area (Å²) in [5, 5.41) is 1.72. The van der Waals surface area contributed by atoms with E-state index in [0.717, 1.165) is 27.9 Å². The quantitative estimate of drug-likeness (QED) is 0.860. The Morgan fingerprint density at radius 1 is 1.32 bits per heavy atom. The second-order valence-corrected chi connectivity index (χ2v) is 7.18. The molecule has 0 aliphatic heterocycles. The minimum absolute atomic E-state index is 0.178. The largest absolute Gasteiger partial charge is 0.318 e. The standard InChI is InChI=1S/C14H14BrClN2S/c15-10-7-8(16)5-6-9(10)13(17)14-18-11-3-1-2-4-12(11)19-14/h5-7,13H,1-4,17H2. The van der Waals surface area contributed by atoms with Crippen LogP contribution in [0, 0.1) is 0 Å². The van der Waals surface area contributed by atoms with Gasteiger partial charge in [0.15, 0.2) is 0 Å². The van der Waals surface area contributed by atoms with Crippen molar-refractivity contribution in [3.05, 3.63) is 48.8 Å². The fourth-order valence-corrected chi connectivity index (χ4v) is 4.50. The van der Waals surface area contributed by atoms with Gasteiger partial charge in [0.2, 0.25) is 0 Å². The van der Waals surface area contributed by atoms with Gasteiger partial charge in [-0.05, 0) is 43.4 Å². The van der Waals surface area contributed by atoms with Crippen molar-refractivity contribution >= 4 is 38.9 Å². The summed E-state index contributed by atoms with van der Waals surface area (Å²) < 4.78 is 0.945. The fourth-order valence-electron chi connectivity index (χ4n) is 2.39. The van der Waals surface area contributed by atoms with Crippen molar-refractivity contribution in [2.45, 2.75) is 31.7 Å². The van der Waals surface area contributed by atoms with Crippen molar-refractivity contribution in [2.75, 3.05) is 0 Å². The molecule has 0 bridgehead atoms. The zero-order valence-corrected chi connectivity index (χ0v) is 13.5. The first-order chi connectivity index (χ1) is 9.15. The molecule has 0 saturated heterocycles. The highest BCUT2D eigenvalue weighted by Gasteiger charge is 2.21. The summed E-state index contributed by atoms with van der Waals surface area (Å²) in [5.74, 6) is 0. The predicted octanol–water partition coefficient (Wildman–Crippen LogP) is 4.49. The van der Waals surface area contributed by atoms with E-state index in [2.05, 4.69) is 15.9 Å². The highest BCUT2D eigenvalue weighted by atomic mass is 79.9. The smallest absolute Gasteiger partial charge is 0.114 e. The lowest BCUT2D eigenvalue weighted by Gasteiger charge is -2.11. The Bertz CT molecular complexity index is 588. The van der Waals surface area contributed by atoms with Crippen LogP contribution in [-0.4, -0.2) is 4.98 Å². The molecule has 3 rings (SSSR count). The molecule has 0 amide bonds. The van der Waals surface area contributed by atoms with Gasteiger partial charge in [-0.15, -0.1) is 11.3 Å². The number of aryl methyl sites for hydroxylation is 2. The predicted molar refractivity (Wildman–Crippen MR) is 83.9 cm³/mol. The number of fused-ring (bicyclic) bond motifs is 1. The maximum atomic E-state index is 6.35. The van der Waals surface area contributed by atoms with Gasteiger partial charge in [0.25, 0.3) is 0 Å². The molecule has 1 aromatic carbocycles. The second-order valence-electron chi connectivity index (χ2n) is 4.77. The first-order valence-corrected chi connectivity index (χ1v) is 8.33. The van der Waals surface area contributed by atoms with Crippen LogP contribution >= 0.6 is 38.9 Å². The molecule has 2 nitrogen and oxygen atoms in total. The van der Waals surface area contributed by atoms with Crippen molar-refractivity contribution in [2.24, 2.45) is 5.73 Å². The summed E-state index contributed by atoms with van der Waals surface area (Å²) in [6.07, 6.45) is 4.77. The SMILES string of the molecule is NC(c1nc2c(s1)CCCC2)c1ccc(Cl)cc1Br. The number of hydrogen-bond donors (Lipinski definition) is 1. The van der Waals surface area contributed by atoms with Crippen molar-refractivity contribution in [1.82, 2.24) is 4.98 Å². The van der Waals surface area contributed by atoms with E-state index in [4.69, 9.17) is 22.3 Å². The van der Waals surface area contributed by atoms with Crippen molar-refractivity contribution in [3.8, 4) is 0 Å². The zero-order valence-electron chi connectivity index (χ0n) is 10.3. The van der Waals surface area contributed by atoms with Gasteiger partial charge in [0.1, 0.15) is 5.01 Å². The number of aromatic nitrogens is 1. The molecule has 5 heteroatoms. The molecule has 1 heterocycles. The molecule has 1 unspecified atom stereocenters. The normalized spacial score (nSPS) is 16.2. The van der Waals surface area contributed by atoms with E-state index in [9.17, 15) is 0 Å². The summed E-state index contributed by atoms with van der Waals surface area (Å²) in [4.78, 5) is 6.15. The highest BCUT2D eigenvalue weighted by Crippen LogP contribution is 2.34. The van der Waals surface area contributed by atoms with Crippen molar-refractivity contribution in [1.29, 1.82) is 0 Å². The number of nitrogens with two attached hydrogens (primary N) is 1. The van der Waals surface area contributed by atoms with Gasteiger partial charge in [-0.1, -0.05) is 33.6 Å². The summed E-state index contributed by atoms with van der Waals surface area (Å²) in [6.45, 7) is 0. The van der Waals surface area contributed by atoms with Crippen LogP contribution in [0.2, 0.25) is 5.02 Å². The van der Waals surface area contributed by atoms with E-state index in [1.807, 2.05) is 18.2 Å². The van der Waals surface area contributed by atoms with Crippen LogP contribution in [0.15, 0.2) is 22.7 Å². The molecule has 0 radical (unpaired) electrons. The van der Waals surface area contributed by atoms with Crippen LogP contribution in [0.5, 0.6) is 0 Å². The first-order valence-electron chi connectivity index (χ1n) is 6.34. The summed E-state index contributed by atoms with van der Waals surface area (Å²) in [7, 11) is 0. The molecule has 0 spiro atoms. The van der Waals surface area contributed by atoms with Crippen LogP contribution < -0.4 is 5.73 Å². The van der Waals surface area contributed by atoms with Gasteiger partial charge in [-0.3, -0.25) is 0 Å². The Morgan fingerprint density at radius 2 is 2.11 bits per heavy atom. The highest BCUT2D eigenvalue weighted by molar-refractivity contribution is 9.10. The van der Waals surface area contributed by atoms with E-state index < -0.39 is 0 Å². The molecule has 100 valence electrons. The molecular formula is C14H14BrClN2S. The fraction of sp³-hybridized carbons (Fsp3) is 0.357. The lowest BCUT2D eigenvalue weighted by Crippen LogP contribution is -2.12. The summed E-state index contributed by atoms with van der Waals surface area (Å²) in [6, 6.07) is 5.54. The number of rotatable bonds is 2. The number of halogens is 2. The molecule has 2 N–H and O–H groups in total. The van der Waals surface area contributed by atoms with Crippen molar-refractivity contribution in [3.63, 3.8) is 0 Å². The lowest BCUT2D eigenvalue weighted by molar-refractivity contribution is 0.678. The number of thiazole rings is 1. The van der Waals surface area contributed by atoms with E-state index in [0.29, 0.717) is 5.02 Å². The molecule has 1 atom stereocenters. The average molecular weight is 358 g/mol. The van der Waals surface area contributed by atoms with E-state index in [1.165, 1.54) is 23.4 Å². The van der Waals surface area contributed by atoms with Crippen LogP contribution in [0.25, 0.3) is 0 Å². The molecule has 1 aliphatic carbocycles. The van der Waals surface area contributed by atoms with Crippen LogP contribution in [0.3, 0.4) is 0 Å². The molecule has 1 aromatic heterocycles. The van der Waals surface area contributed by atoms with Crippen LogP contribution in [-0.2, 0) is 12.8 Å². The topological polar surface area (TPSA) is 38.9 Å². The minimum Gasteiger partial charge on any atom is -0.318 e. The van der Waals surface area contributed by atoms with Gasteiger partial charge in [-0.2, -0.15) is 0 Å². The van der Waals surface area contributed by atoms with Gasteiger partial charge in [0.05, 0.1) is 11.7 Å². The van der Waals surface area contributed by atoms with Crippen molar-refractivity contribution < 1.29 is 0 Å². The Balaban J connectivity index is 1.94. The summed E-state index contributed by atoms with van der Waals surface area (Å²) in [5.41, 5.74) is 8.65. The molecule has 1 aliphatic rings. The Hall–Kier alpha value is -0.420. The minimum atomic E-state index is -0.178. The molecule has 19 heavy (non-hydrogen) atoms. The van der Waals surface area contributed by atoms with Gasteiger partial charge in [0, 0.05) is 14.4 Å². The van der Waals surface area contributed by atoms with Crippen LogP contribution in [0.4, 0.5) is 0 Å². The van der Waals surface area contributed by atoms with E-state index in [-0.39, 0.29) is 6.04 Å². The second kappa shape index (κ2) is 5.52. The van der Waals surface area contributed by atoms with E-state index >= 15 is 0 Å². The van der Waals surface area contributed by atoms with Gasteiger partial charge < -0.3 is 5.73 Å². The Kier molecular flexibility index (Phi) is 3.94. The molecule has 0 saturated carbocycles. The third-order valence-corrected chi connectivity index (χ3v) is 5.59. The maximum Gasteiger partial charge on any atom is 0.114 e. The Morgan fingerprint density at radius 3 is 2.84 bits per heavy atom. The van der Waals surface area contributed by atoms with E-state index in [1.54, 1.807) is 11.3 Å². The van der Waals surface area contributed by atoms with Gasteiger partial charge >= 0.3 is 0 Å². The third-order valence-electron chi connectivity index (χ3n) is 3.43. The summed E-state index contributed by atoms with van der Waals surface area (Å²) >= 11 is 11.3. The average Bonchev–Trinajstić information content (AvgIpc) is 2.81. The van der Waals surface area contributed by atoms with Gasteiger partial charge in [-0.25, -0.2) is 4.98 Å². The number of benzene rings is 1. The Labute approximate surface area is 130 Å². The zero-order chi connectivity index (χ0) is 13.4. The van der Waals surface area contributed by atoms with Crippen LogP contribution in [0.1, 0.15) is 40.0 Å². The maximum absolute atomic E-state index is 6.35.